The van der Waals surface area contributed by atoms with Crippen LogP contribution >= 0.6 is 0 Å². The molecule has 1 saturated heterocycles. The van der Waals surface area contributed by atoms with Gasteiger partial charge < -0.3 is 9.84 Å². The van der Waals surface area contributed by atoms with Gasteiger partial charge in [-0.1, -0.05) is 42.4 Å². The largest absolute Gasteiger partial charge is 0.349 e. The maximum absolute atomic E-state index is 13.1. The van der Waals surface area contributed by atoms with Gasteiger partial charge in [-0.05, 0) is 55.6 Å². The lowest BCUT2D eigenvalue weighted by atomic mass is 9.95. The van der Waals surface area contributed by atoms with Crippen molar-refractivity contribution >= 4 is 5.91 Å². The lowest BCUT2D eigenvalue weighted by Gasteiger charge is -2.32. The summed E-state index contributed by atoms with van der Waals surface area (Å²) in [7, 11) is 0. The average molecular weight is 423 g/mol. The van der Waals surface area contributed by atoms with Gasteiger partial charge in [-0.15, -0.1) is 0 Å². The van der Waals surface area contributed by atoms with Gasteiger partial charge in [0.1, 0.15) is 5.82 Å². The third-order valence-corrected chi connectivity index (χ3v) is 5.73. The van der Waals surface area contributed by atoms with Crippen molar-refractivity contribution in [2.75, 3.05) is 13.1 Å². The molecule has 0 aliphatic carbocycles. The van der Waals surface area contributed by atoms with Crippen molar-refractivity contribution in [3.05, 3.63) is 71.9 Å². The van der Waals surface area contributed by atoms with E-state index in [1.807, 2.05) is 18.2 Å². The van der Waals surface area contributed by atoms with Crippen molar-refractivity contribution in [3.8, 4) is 11.4 Å². The molecule has 4 rings (SSSR count). The molecule has 2 aromatic carbocycles. The Morgan fingerprint density at radius 3 is 2.74 bits per heavy atom. The monoisotopic (exact) mass is 422 g/mol. The van der Waals surface area contributed by atoms with Gasteiger partial charge >= 0.3 is 0 Å². The van der Waals surface area contributed by atoms with E-state index in [0.29, 0.717) is 30.4 Å². The van der Waals surface area contributed by atoms with Gasteiger partial charge in [0.2, 0.25) is 17.6 Å². The molecule has 6 nitrogen and oxygen atoms in total. The lowest BCUT2D eigenvalue weighted by Crippen LogP contribution is -2.43. The minimum Gasteiger partial charge on any atom is -0.349 e. The highest BCUT2D eigenvalue weighted by Crippen LogP contribution is 2.23. The first-order valence-corrected chi connectivity index (χ1v) is 10.8. The van der Waals surface area contributed by atoms with E-state index in [4.69, 9.17) is 4.52 Å². The van der Waals surface area contributed by atoms with E-state index in [2.05, 4.69) is 39.4 Å². The van der Waals surface area contributed by atoms with E-state index in [-0.39, 0.29) is 23.7 Å². The Hall–Kier alpha value is -3.06. The summed E-state index contributed by atoms with van der Waals surface area (Å²) in [5, 5.41) is 7.22. The number of carbonyl (C=O) groups excluding carboxylic acids is 1. The molecule has 7 heteroatoms. The summed E-state index contributed by atoms with van der Waals surface area (Å²) < 4.78 is 18.5. The first kappa shape index (κ1) is 21.2. The summed E-state index contributed by atoms with van der Waals surface area (Å²) >= 11 is 0. The number of hydrogen-bond donors (Lipinski definition) is 1. The number of carbonyl (C=O) groups is 1. The van der Waals surface area contributed by atoms with Crippen LogP contribution in [0.3, 0.4) is 0 Å². The number of hydrogen-bond acceptors (Lipinski definition) is 5. The van der Waals surface area contributed by atoms with Crippen LogP contribution < -0.4 is 5.32 Å². The van der Waals surface area contributed by atoms with Crippen LogP contribution in [0.1, 0.15) is 43.7 Å². The van der Waals surface area contributed by atoms with Gasteiger partial charge in [-0.3, -0.25) is 9.69 Å². The summed E-state index contributed by atoms with van der Waals surface area (Å²) in [6, 6.07) is 16.1. The molecular weight excluding hydrogens is 395 g/mol. The maximum atomic E-state index is 13.1. The number of nitrogens with one attached hydrogen (secondary N) is 1. The van der Waals surface area contributed by atoms with Gasteiger partial charge in [0, 0.05) is 12.1 Å². The highest BCUT2D eigenvalue weighted by molar-refractivity contribution is 5.79. The Morgan fingerprint density at radius 2 is 2.00 bits per heavy atom. The molecule has 1 aromatic heterocycles. The Morgan fingerprint density at radius 1 is 1.23 bits per heavy atom. The standard InChI is InChI=1S/C24H27FN4O2/c1-2-21(17-7-4-3-5-8-17)26-24(30)19-9-6-14-29(15-19)16-22-27-23(28-31-22)18-10-12-20(25)13-11-18/h3-5,7-8,10-13,19,21H,2,6,9,14-16H2,1H3,(H,26,30). The maximum Gasteiger partial charge on any atom is 0.241 e. The van der Waals surface area contributed by atoms with Crippen LogP contribution in [0.4, 0.5) is 4.39 Å². The number of piperidine rings is 1. The molecule has 3 aromatic rings. The highest BCUT2D eigenvalue weighted by atomic mass is 19.1. The van der Waals surface area contributed by atoms with E-state index < -0.39 is 0 Å². The molecule has 31 heavy (non-hydrogen) atoms. The van der Waals surface area contributed by atoms with Crippen LogP contribution in [0, 0.1) is 11.7 Å². The number of nitrogens with zero attached hydrogens (tertiary/aromatic N) is 3. The molecule has 1 fully saturated rings. The molecule has 2 heterocycles. The zero-order valence-corrected chi connectivity index (χ0v) is 17.6. The number of halogens is 1. The van der Waals surface area contributed by atoms with Gasteiger partial charge in [0.15, 0.2) is 0 Å². The second-order valence-corrected chi connectivity index (χ2v) is 7.97. The van der Waals surface area contributed by atoms with Crippen LogP contribution in [0.5, 0.6) is 0 Å². The molecule has 162 valence electrons. The quantitative estimate of drug-likeness (QED) is 0.613. The van der Waals surface area contributed by atoms with Crippen molar-refractivity contribution < 1.29 is 13.7 Å². The zero-order valence-electron chi connectivity index (χ0n) is 17.6. The first-order valence-electron chi connectivity index (χ1n) is 10.8. The third-order valence-electron chi connectivity index (χ3n) is 5.73. The summed E-state index contributed by atoms with van der Waals surface area (Å²) in [6.07, 6.45) is 2.66. The molecule has 1 N–H and O–H groups in total. The molecule has 2 unspecified atom stereocenters. The number of benzene rings is 2. The Kier molecular flexibility index (Phi) is 6.72. The number of amides is 1. The van der Waals surface area contributed by atoms with Gasteiger partial charge in [-0.2, -0.15) is 4.98 Å². The van der Waals surface area contributed by atoms with E-state index in [9.17, 15) is 9.18 Å². The van der Waals surface area contributed by atoms with Crippen LogP contribution in [0.2, 0.25) is 0 Å². The molecular formula is C24H27FN4O2. The lowest BCUT2D eigenvalue weighted by molar-refractivity contribution is -0.127. The fourth-order valence-corrected chi connectivity index (χ4v) is 4.04. The van der Waals surface area contributed by atoms with Gasteiger partial charge in [-0.25, -0.2) is 4.39 Å². The molecule has 2 atom stereocenters. The summed E-state index contributed by atoms with van der Waals surface area (Å²) in [5.41, 5.74) is 1.84. The minimum absolute atomic E-state index is 0.0262. The fraction of sp³-hybridized carbons (Fsp3) is 0.375. The second-order valence-electron chi connectivity index (χ2n) is 7.97. The zero-order chi connectivity index (χ0) is 21.6. The van der Waals surface area contributed by atoms with Crippen molar-refractivity contribution in [3.63, 3.8) is 0 Å². The van der Waals surface area contributed by atoms with E-state index in [1.165, 1.54) is 12.1 Å². The van der Waals surface area contributed by atoms with Crippen molar-refractivity contribution in [1.82, 2.24) is 20.4 Å². The summed E-state index contributed by atoms with van der Waals surface area (Å²) in [6.45, 7) is 4.12. The summed E-state index contributed by atoms with van der Waals surface area (Å²) in [5.74, 6) is 0.665. The topological polar surface area (TPSA) is 71.3 Å². The predicted molar refractivity (Wildman–Crippen MR) is 115 cm³/mol. The Balaban J connectivity index is 1.35. The van der Waals surface area contributed by atoms with Crippen LogP contribution in [0.25, 0.3) is 11.4 Å². The minimum atomic E-state index is -0.303. The van der Waals surface area contributed by atoms with Gasteiger partial charge in [0.25, 0.3) is 0 Å². The molecule has 0 saturated carbocycles. The fourth-order valence-electron chi connectivity index (χ4n) is 4.04. The van der Waals surface area contributed by atoms with Crippen LogP contribution in [-0.2, 0) is 11.3 Å². The van der Waals surface area contributed by atoms with E-state index >= 15 is 0 Å². The average Bonchev–Trinajstić information content (AvgIpc) is 3.27. The molecule has 0 bridgehead atoms. The number of likely N-dealkylation sites (tertiary alicyclic amines) is 1. The Labute approximate surface area is 181 Å². The van der Waals surface area contributed by atoms with Crippen LogP contribution in [-0.4, -0.2) is 34.0 Å². The summed E-state index contributed by atoms with van der Waals surface area (Å²) in [4.78, 5) is 19.5. The predicted octanol–water partition coefficient (Wildman–Crippen LogP) is 4.36. The van der Waals surface area contributed by atoms with Crippen molar-refractivity contribution in [1.29, 1.82) is 0 Å². The smallest absolute Gasteiger partial charge is 0.241 e. The normalized spacial score (nSPS) is 17.9. The molecule has 0 radical (unpaired) electrons. The number of rotatable bonds is 7. The van der Waals surface area contributed by atoms with Crippen molar-refractivity contribution in [2.24, 2.45) is 5.92 Å². The van der Waals surface area contributed by atoms with E-state index in [1.54, 1.807) is 12.1 Å². The molecule has 1 aliphatic heterocycles. The molecule has 1 aliphatic rings. The molecule has 0 spiro atoms. The third kappa shape index (κ3) is 5.35. The highest BCUT2D eigenvalue weighted by Gasteiger charge is 2.28. The van der Waals surface area contributed by atoms with Gasteiger partial charge in [0.05, 0.1) is 18.5 Å². The molecule has 1 amide bonds. The first-order chi connectivity index (χ1) is 15.1. The number of aromatic nitrogens is 2. The SMILES string of the molecule is CCC(NC(=O)C1CCCN(Cc2nc(-c3ccc(F)cc3)no2)C1)c1ccccc1. The van der Waals surface area contributed by atoms with E-state index in [0.717, 1.165) is 31.4 Å². The second kappa shape index (κ2) is 9.83. The Bertz CT molecular complexity index is 990. The van der Waals surface area contributed by atoms with Crippen LogP contribution in [0.15, 0.2) is 59.1 Å². The van der Waals surface area contributed by atoms with Crippen molar-refractivity contribution in [2.45, 2.75) is 38.8 Å².